The van der Waals surface area contributed by atoms with Gasteiger partial charge in [-0.2, -0.15) is 0 Å². The number of hydrogen-bond acceptors (Lipinski definition) is 5. The molecule has 2 aromatic rings. The zero-order valence-electron chi connectivity index (χ0n) is 9.29. The highest BCUT2D eigenvalue weighted by Crippen LogP contribution is 2.34. The number of para-hydroxylation sites is 1. The zero-order chi connectivity index (χ0) is 12.5. The van der Waals surface area contributed by atoms with Gasteiger partial charge in [0.05, 0.1) is 12.2 Å². The summed E-state index contributed by atoms with van der Waals surface area (Å²) in [6.07, 6.45) is 1.36. The molecule has 3 rings (SSSR count). The Bertz CT molecular complexity index is 597. The van der Waals surface area contributed by atoms with E-state index in [9.17, 15) is 4.79 Å². The number of nitrogens with zero attached hydrogens (tertiary/aromatic N) is 1. The number of anilines is 1. The van der Waals surface area contributed by atoms with Gasteiger partial charge in [-0.15, -0.1) is 0 Å². The van der Waals surface area contributed by atoms with Gasteiger partial charge in [0.2, 0.25) is 0 Å². The van der Waals surface area contributed by atoms with E-state index in [1.807, 2.05) is 24.3 Å². The number of ether oxygens (including phenoxy) is 1. The van der Waals surface area contributed by atoms with E-state index in [0.717, 1.165) is 22.6 Å². The smallest absolute Gasteiger partial charge is 0.347 e. The van der Waals surface area contributed by atoms with Gasteiger partial charge in [0, 0.05) is 5.56 Å². The van der Waals surface area contributed by atoms with Crippen LogP contribution in [0.3, 0.4) is 0 Å². The maximum absolute atomic E-state index is 10.8. The lowest BCUT2D eigenvalue weighted by molar-refractivity contribution is 0.0702. The molecule has 92 valence electrons. The number of aromatic nitrogens is 1. The predicted octanol–water partition coefficient (Wildman–Crippen LogP) is 2.39. The number of thiazole rings is 1. The van der Waals surface area contributed by atoms with Gasteiger partial charge in [0.25, 0.3) is 0 Å². The van der Waals surface area contributed by atoms with E-state index >= 15 is 0 Å². The fraction of sp³-hybridized carbons (Fsp3) is 0.167. The Labute approximate surface area is 107 Å². The average Bonchev–Trinajstić information content (AvgIpc) is 2.98. The third-order valence-electron chi connectivity index (χ3n) is 2.71. The van der Waals surface area contributed by atoms with Crippen LogP contribution in [0.1, 0.15) is 21.3 Å². The summed E-state index contributed by atoms with van der Waals surface area (Å²) in [6, 6.07) is 7.81. The van der Waals surface area contributed by atoms with Gasteiger partial charge in [0.15, 0.2) is 5.13 Å². The van der Waals surface area contributed by atoms with Crippen LogP contribution >= 0.6 is 11.3 Å². The molecule has 2 heterocycles. The molecule has 0 radical (unpaired) electrons. The summed E-state index contributed by atoms with van der Waals surface area (Å²) in [4.78, 5) is 15.0. The number of carboxylic acid groups (broad SMARTS) is 1. The molecule has 1 aromatic carbocycles. The number of hydrogen-bond donors (Lipinski definition) is 2. The van der Waals surface area contributed by atoms with Crippen LogP contribution in [0.15, 0.2) is 30.5 Å². The molecular weight excluding hydrogens is 252 g/mol. The predicted molar refractivity (Wildman–Crippen MR) is 67.4 cm³/mol. The molecule has 2 N–H and O–H groups in total. The van der Waals surface area contributed by atoms with Crippen LogP contribution in [0.4, 0.5) is 5.13 Å². The minimum absolute atomic E-state index is 0.0222. The van der Waals surface area contributed by atoms with Gasteiger partial charge in [0.1, 0.15) is 17.2 Å². The number of carboxylic acids is 1. The molecule has 1 atom stereocenters. The second-order valence-corrected chi connectivity index (χ2v) is 4.91. The van der Waals surface area contributed by atoms with Crippen molar-refractivity contribution in [3.8, 4) is 5.75 Å². The van der Waals surface area contributed by atoms with Crippen molar-refractivity contribution in [2.75, 3.05) is 11.9 Å². The number of aromatic carboxylic acids is 1. The molecule has 0 amide bonds. The molecule has 0 saturated carbocycles. The van der Waals surface area contributed by atoms with E-state index in [0.29, 0.717) is 11.7 Å². The lowest BCUT2D eigenvalue weighted by Gasteiger charge is -2.09. The van der Waals surface area contributed by atoms with Crippen molar-refractivity contribution >= 4 is 22.4 Å². The van der Waals surface area contributed by atoms with E-state index in [4.69, 9.17) is 9.84 Å². The van der Waals surface area contributed by atoms with Crippen molar-refractivity contribution in [2.45, 2.75) is 6.04 Å². The number of nitrogens with one attached hydrogen (secondary N) is 1. The van der Waals surface area contributed by atoms with Gasteiger partial charge < -0.3 is 15.2 Å². The van der Waals surface area contributed by atoms with E-state index in [2.05, 4.69) is 10.3 Å². The molecule has 0 bridgehead atoms. The standard InChI is InChI=1S/C12H10N2O3S/c15-11(16)10-5-13-12(18-10)14-8-6-17-9-4-2-1-3-7(8)9/h1-5,8H,6H2,(H,13,14)(H,15,16). The summed E-state index contributed by atoms with van der Waals surface area (Å²) in [5.74, 6) is -0.0892. The monoisotopic (exact) mass is 262 g/mol. The summed E-state index contributed by atoms with van der Waals surface area (Å²) >= 11 is 1.13. The van der Waals surface area contributed by atoms with Crippen LogP contribution in [0.25, 0.3) is 0 Å². The second-order valence-electron chi connectivity index (χ2n) is 3.88. The summed E-state index contributed by atoms with van der Waals surface area (Å²) in [6.45, 7) is 0.529. The van der Waals surface area contributed by atoms with Crippen molar-refractivity contribution < 1.29 is 14.6 Å². The molecule has 1 unspecified atom stereocenters. The number of fused-ring (bicyclic) bond motifs is 1. The molecule has 0 spiro atoms. The third kappa shape index (κ3) is 1.91. The Hall–Kier alpha value is -2.08. The molecule has 18 heavy (non-hydrogen) atoms. The Morgan fingerprint density at radius 2 is 2.33 bits per heavy atom. The number of carbonyl (C=O) groups is 1. The van der Waals surface area contributed by atoms with Crippen molar-refractivity contribution in [1.29, 1.82) is 0 Å². The van der Waals surface area contributed by atoms with Gasteiger partial charge in [-0.05, 0) is 6.07 Å². The minimum Gasteiger partial charge on any atom is -0.491 e. The number of rotatable bonds is 3. The first-order chi connectivity index (χ1) is 8.74. The Morgan fingerprint density at radius 3 is 3.11 bits per heavy atom. The summed E-state index contributed by atoms with van der Waals surface area (Å²) < 4.78 is 5.54. The van der Waals surface area contributed by atoms with Crippen molar-refractivity contribution in [3.05, 3.63) is 40.9 Å². The fourth-order valence-electron chi connectivity index (χ4n) is 1.87. The highest BCUT2D eigenvalue weighted by Gasteiger charge is 2.24. The van der Waals surface area contributed by atoms with Crippen molar-refractivity contribution in [2.24, 2.45) is 0 Å². The van der Waals surface area contributed by atoms with Gasteiger partial charge >= 0.3 is 5.97 Å². The molecule has 0 aliphatic carbocycles. The summed E-state index contributed by atoms with van der Waals surface area (Å²) in [7, 11) is 0. The molecule has 1 aliphatic heterocycles. The maximum Gasteiger partial charge on any atom is 0.347 e. The van der Waals surface area contributed by atoms with Crippen LogP contribution in [0.2, 0.25) is 0 Å². The molecule has 0 saturated heterocycles. The molecule has 1 aromatic heterocycles. The van der Waals surface area contributed by atoms with Crippen LogP contribution < -0.4 is 10.1 Å². The van der Waals surface area contributed by atoms with Gasteiger partial charge in [-0.25, -0.2) is 9.78 Å². The van der Waals surface area contributed by atoms with Crippen LogP contribution in [0, 0.1) is 0 Å². The highest BCUT2D eigenvalue weighted by atomic mass is 32.1. The van der Waals surface area contributed by atoms with Crippen LogP contribution in [-0.4, -0.2) is 22.7 Å². The molecule has 5 nitrogen and oxygen atoms in total. The van der Waals surface area contributed by atoms with E-state index < -0.39 is 5.97 Å². The van der Waals surface area contributed by atoms with Crippen molar-refractivity contribution in [1.82, 2.24) is 4.98 Å². The quantitative estimate of drug-likeness (QED) is 0.888. The third-order valence-corrected chi connectivity index (χ3v) is 3.63. The molecule has 0 fully saturated rings. The zero-order valence-corrected chi connectivity index (χ0v) is 10.1. The van der Waals surface area contributed by atoms with E-state index in [-0.39, 0.29) is 10.9 Å². The SMILES string of the molecule is O=C(O)c1cnc(NC2COc3ccccc32)s1. The second kappa shape index (κ2) is 4.30. The Balaban J connectivity index is 1.80. The Kier molecular flexibility index (Phi) is 2.64. The first kappa shape index (κ1) is 11.0. The van der Waals surface area contributed by atoms with Gasteiger partial charge in [-0.3, -0.25) is 0 Å². The number of benzene rings is 1. The maximum atomic E-state index is 10.8. The first-order valence-electron chi connectivity index (χ1n) is 5.41. The largest absolute Gasteiger partial charge is 0.491 e. The fourth-order valence-corrected chi connectivity index (χ4v) is 2.58. The van der Waals surface area contributed by atoms with Crippen molar-refractivity contribution in [3.63, 3.8) is 0 Å². The van der Waals surface area contributed by atoms with Crippen LogP contribution in [0.5, 0.6) is 5.75 Å². The van der Waals surface area contributed by atoms with E-state index in [1.54, 1.807) is 0 Å². The minimum atomic E-state index is -0.955. The first-order valence-corrected chi connectivity index (χ1v) is 6.23. The van der Waals surface area contributed by atoms with E-state index in [1.165, 1.54) is 6.20 Å². The van der Waals surface area contributed by atoms with Crippen LogP contribution in [-0.2, 0) is 0 Å². The normalized spacial score (nSPS) is 17.0. The van der Waals surface area contributed by atoms with Gasteiger partial charge in [-0.1, -0.05) is 29.5 Å². The molecule has 6 heteroatoms. The summed E-state index contributed by atoms with van der Waals surface area (Å²) in [5, 5.41) is 12.6. The topological polar surface area (TPSA) is 71.5 Å². The summed E-state index contributed by atoms with van der Waals surface area (Å²) in [5.41, 5.74) is 1.07. The highest BCUT2D eigenvalue weighted by molar-refractivity contribution is 7.17. The lowest BCUT2D eigenvalue weighted by atomic mass is 10.1. The Morgan fingerprint density at radius 1 is 1.50 bits per heavy atom. The molecule has 1 aliphatic rings. The average molecular weight is 262 g/mol. The lowest BCUT2D eigenvalue weighted by Crippen LogP contribution is -2.11. The molecular formula is C12H10N2O3S.